The summed E-state index contributed by atoms with van der Waals surface area (Å²) in [5, 5.41) is 2.81. The van der Waals surface area contributed by atoms with Gasteiger partial charge in [0.25, 0.3) is 0 Å². The van der Waals surface area contributed by atoms with E-state index in [0.29, 0.717) is 6.04 Å². The van der Waals surface area contributed by atoms with Crippen LogP contribution in [-0.4, -0.2) is 36.1 Å². The lowest BCUT2D eigenvalue weighted by Crippen LogP contribution is -2.39. The molecule has 1 rings (SSSR count). The molecule has 0 aliphatic carbocycles. The zero-order chi connectivity index (χ0) is 8.10. The number of hydrogen-bond acceptors (Lipinski definition) is 3. The maximum Gasteiger partial charge on any atom is 0.207 e. The van der Waals surface area contributed by atoms with E-state index < -0.39 is 0 Å². The van der Waals surface area contributed by atoms with Crippen LogP contribution in [0.3, 0.4) is 0 Å². The molecule has 0 unspecified atom stereocenters. The van der Waals surface area contributed by atoms with Gasteiger partial charge < -0.3 is 5.32 Å². The number of nitrogens with one attached hydrogen (secondary N) is 1. The van der Waals surface area contributed by atoms with Gasteiger partial charge in [0.05, 0.1) is 0 Å². The molecule has 3 nitrogen and oxygen atoms in total. The highest BCUT2D eigenvalue weighted by molar-refractivity contribution is 7.96. The van der Waals surface area contributed by atoms with E-state index in [2.05, 4.69) is 15.9 Å². The van der Waals surface area contributed by atoms with Gasteiger partial charge in [-0.05, 0) is 19.1 Å². The molecule has 0 radical (unpaired) electrons. The van der Waals surface area contributed by atoms with Crippen LogP contribution in [0.15, 0.2) is 0 Å². The second-order valence-electron chi connectivity index (χ2n) is 2.67. The highest BCUT2D eigenvalue weighted by Gasteiger charge is 2.16. The minimum Gasteiger partial charge on any atom is -0.356 e. The fourth-order valence-corrected chi connectivity index (χ4v) is 1.88. The van der Waals surface area contributed by atoms with Gasteiger partial charge in [0, 0.05) is 19.1 Å². The summed E-state index contributed by atoms with van der Waals surface area (Å²) in [5.74, 6) is 0. The maximum atomic E-state index is 10.1. The van der Waals surface area contributed by atoms with E-state index in [4.69, 9.17) is 0 Å². The third kappa shape index (κ3) is 2.71. The van der Waals surface area contributed by atoms with Crippen LogP contribution in [0, 0.1) is 0 Å². The van der Waals surface area contributed by atoms with Crippen molar-refractivity contribution in [1.29, 1.82) is 0 Å². The number of nitrogens with zero attached hydrogens (tertiary/aromatic N) is 1. The largest absolute Gasteiger partial charge is 0.356 e. The lowest BCUT2D eigenvalue weighted by Gasteiger charge is -2.29. The third-order valence-corrected chi connectivity index (χ3v) is 2.90. The van der Waals surface area contributed by atoms with Gasteiger partial charge in [-0.1, -0.05) is 11.9 Å². The Hall–Kier alpha value is -0.220. The summed E-state index contributed by atoms with van der Waals surface area (Å²) < 4.78 is 2.32. The molecule has 1 amide bonds. The summed E-state index contributed by atoms with van der Waals surface area (Å²) in [4.78, 5) is 10.1. The molecule has 11 heavy (non-hydrogen) atoms. The molecular formula is C7H14N2OS. The smallest absolute Gasteiger partial charge is 0.207 e. The second kappa shape index (κ2) is 4.62. The Morgan fingerprint density at radius 3 is 2.64 bits per heavy atom. The molecule has 1 saturated heterocycles. The molecule has 1 N–H and O–H groups in total. The summed E-state index contributed by atoms with van der Waals surface area (Å²) in [7, 11) is 0. The van der Waals surface area contributed by atoms with Crippen molar-refractivity contribution in [3.63, 3.8) is 0 Å². The number of carbonyl (C=O) groups excluding carboxylic acids is 1. The Kier molecular flexibility index (Phi) is 3.72. The van der Waals surface area contributed by atoms with Crippen molar-refractivity contribution in [3.8, 4) is 0 Å². The Morgan fingerprint density at radius 1 is 1.55 bits per heavy atom. The lowest BCUT2D eigenvalue weighted by molar-refractivity contribution is -0.110. The quantitative estimate of drug-likeness (QED) is 0.499. The molecule has 0 saturated carbocycles. The Balaban J connectivity index is 2.18. The molecule has 0 bridgehead atoms. The first-order valence-corrected chi connectivity index (χ1v) is 5.03. The van der Waals surface area contributed by atoms with E-state index in [9.17, 15) is 4.79 Å². The van der Waals surface area contributed by atoms with Crippen molar-refractivity contribution in [2.75, 3.05) is 19.3 Å². The van der Waals surface area contributed by atoms with Crippen LogP contribution in [0.25, 0.3) is 0 Å². The standard InChI is InChI=1S/C7H14N2OS/c1-11-9-4-2-7(3-5-9)8-6-10/h6-7H,2-5H2,1H3,(H,8,10). The Morgan fingerprint density at radius 2 is 2.18 bits per heavy atom. The van der Waals surface area contributed by atoms with Crippen LogP contribution >= 0.6 is 11.9 Å². The SMILES string of the molecule is CSN1CCC(NC=O)CC1. The number of rotatable bonds is 3. The highest BCUT2D eigenvalue weighted by Crippen LogP contribution is 2.15. The van der Waals surface area contributed by atoms with E-state index in [1.807, 2.05) is 0 Å². The van der Waals surface area contributed by atoms with Gasteiger partial charge in [0.1, 0.15) is 0 Å². The van der Waals surface area contributed by atoms with Gasteiger partial charge in [-0.25, -0.2) is 0 Å². The number of carbonyl (C=O) groups is 1. The summed E-state index contributed by atoms with van der Waals surface area (Å²) in [6.45, 7) is 2.18. The van der Waals surface area contributed by atoms with Crippen LogP contribution < -0.4 is 5.32 Å². The fraction of sp³-hybridized carbons (Fsp3) is 0.857. The summed E-state index contributed by atoms with van der Waals surface area (Å²) in [5.41, 5.74) is 0. The molecule has 64 valence electrons. The third-order valence-electron chi connectivity index (χ3n) is 2.02. The lowest BCUT2D eigenvalue weighted by atomic mass is 10.1. The minimum absolute atomic E-state index is 0.413. The fourth-order valence-electron chi connectivity index (χ4n) is 1.30. The van der Waals surface area contributed by atoms with E-state index in [1.165, 1.54) is 0 Å². The van der Waals surface area contributed by atoms with E-state index in [0.717, 1.165) is 32.3 Å². The number of hydrogen-bond donors (Lipinski definition) is 1. The molecule has 1 heterocycles. The average Bonchev–Trinajstić information content (AvgIpc) is 2.07. The van der Waals surface area contributed by atoms with Crippen molar-refractivity contribution in [1.82, 2.24) is 9.62 Å². The normalized spacial score (nSPS) is 21.5. The number of amides is 1. The van der Waals surface area contributed by atoms with Crippen LogP contribution in [0.4, 0.5) is 0 Å². The monoisotopic (exact) mass is 174 g/mol. The summed E-state index contributed by atoms with van der Waals surface area (Å²) >= 11 is 1.78. The molecule has 0 aromatic carbocycles. The van der Waals surface area contributed by atoms with E-state index >= 15 is 0 Å². The van der Waals surface area contributed by atoms with Gasteiger partial charge in [-0.2, -0.15) is 0 Å². The second-order valence-corrected chi connectivity index (χ2v) is 3.55. The van der Waals surface area contributed by atoms with Crippen molar-refractivity contribution in [3.05, 3.63) is 0 Å². The first-order valence-electron chi connectivity index (χ1n) is 3.85. The maximum absolute atomic E-state index is 10.1. The first-order chi connectivity index (χ1) is 5.36. The van der Waals surface area contributed by atoms with Gasteiger partial charge in [-0.15, -0.1) is 0 Å². The van der Waals surface area contributed by atoms with Crippen molar-refractivity contribution < 1.29 is 4.79 Å². The molecule has 0 spiro atoms. The van der Waals surface area contributed by atoms with E-state index in [-0.39, 0.29) is 0 Å². The van der Waals surface area contributed by atoms with Crippen molar-refractivity contribution in [2.45, 2.75) is 18.9 Å². The molecule has 0 atom stereocenters. The van der Waals surface area contributed by atoms with Crippen LogP contribution in [0.2, 0.25) is 0 Å². The van der Waals surface area contributed by atoms with Crippen LogP contribution in [0.1, 0.15) is 12.8 Å². The molecule has 4 heteroatoms. The molecule has 1 fully saturated rings. The molecule has 1 aliphatic rings. The van der Waals surface area contributed by atoms with Gasteiger partial charge in [0.2, 0.25) is 6.41 Å². The summed E-state index contributed by atoms with van der Waals surface area (Å²) in [6, 6.07) is 0.413. The topological polar surface area (TPSA) is 32.3 Å². The van der Waals surface area contributed by atoms with Crippen molar-refractivity contribution in [2.24, 2.45) is 0 Å². The zero-order valence-electron chi connectivity index (χ0n) is 6.75. The minimum atomic E-state index is 0.413. The predicted octanol–water partition coefficient (Wildman–Crippen LogP) is 0.475. The summed E-state index contributed by atoms with van der Waals surface area (Å²) in [6.07, 6.45) is 5.06. The van der Waals surface area contributed by atoms with Crippen LogP contribution in [-0.2, 0) is 4.79 Å². The number of piperidine rings is 1. The molecule has 1 aliphatic heterocycles. The Bertz CT molecular complexity index is 124. The van der Waals surface area contributed by atoms with Crippen LogP contribution in [0.5, 0.6) is 0 Å². The average molecular weight is 174 g/mol. The zero-order valence-corrected chi connectivity index (χ0v) is 7.56. The van der Waals surface area contributed by atoms with Gasteiger partial charge in [0.15, 0.2) is 0 Å². The van der Waals surface area contributed by atoms with Gasteiger partial charge >= 0.3 is 0 Å². The Labute approximate surface area is 71.7 Å². The van der Waals surface area contributed by atoms with Crippen molar-refractivity contribution >= 4 is 18.4 Å². The predicted molar refractivity (Wildman–Crippen MR) is 47.3 cm³/mol. The van der Waals surface area contributed by atoms with Gasteiger partial charge in [-0.3, -0.25) is 9.10 Å². The highest BCUT2D eigenvalue weighted by atomic mass is 32.2. The van der Waals surface area contributed by atoms with E-state index in [1.54, 1.807) is 11.9 Å². The molecular weight excluding hydrogens is 160 g/mol. The first kappa shape index (κ1) is 8.87. The molecule has 0 aromatic rings. The molecule has 0 aromatic heterocycles.